The molecule has 16 heavy (non-hydrogen) atoms. The first-order chi connectivity index (χ1) is 7.81. The lowest BCUT2D eigenvalue weighted by Crippen LogP contribution is -2.22. The quantitative estimate of drug-likeness (QED) is 0.879. The number of thiophene rings is 1. The second-order valence-corrected chi connectivity index (χ2v) is 5.63. The monoisotopic (exact) mass is 252 g/mol. The molecule has 0 aliphatic heterocycles. The van der Waals surface area contributed by atoms with Crippen LogP contribution in [-0.2, 0) is 0 Å². The fraction of sp³-hybridized carbons (Fsp3) is 0.417. The molecule has 0 aliphatic carbocycles. The zero-order chi connectivity index (χ0) is 11.4. The molecule has 0 aromatic carbocycles. The van der Waals surface area contributed by atoms with E-state index in [9.17, 15) is 0 Å². The molecular weight excluding hydrogens is 236 g/mol. The highest BCUT2D eigenvalue weighted by molar-refractivity contribution is 7.10. The summed E-state index contributed by atoms with van der Waals surface area (Å²) in [7, 11) is 0. The smallest absolute Gasteiger partial charge is 0.0795 e. The summed E-state index contributed by atoms with van der Waals surface area (Å²) in [6.45, 7) is 5.35. The minimum absolute atomic E-state index is 0.260. The molecule has 0 fully saturated rings. The summed E-state index contributed by atoms with van der Waals surface area (Å²) in [6.07, 6.45) is 1.14. The van der Waals surface area contributed by atoms with Crippen LogP contribution >= 0.6 is 22.7 Å². The second kappa shape index (κ2) is 5.57. The van der Waals surface area contributed by atoms with Gasteiger partial charge in [0.25, 0.3) is 0 Å². The van der Waals surface area contributed by atoms with Gasteiger partial charge in [-0.3, -0.25) is 0 Å². The molecular formula is C12H16N2S2. The minimum atomic E-state index is 0.260. The second-order valence-electron chi connectivity index (χ2n) is 3.79. The van der Waals surface area contributed by atoms with Crippen molar-refractivity contribution < 1.29 is 0 Å². The number of nitrogens with one attached hydrogen (secondary N) is 1. The molecule has 2 nitrogen and oxygen atoms in total. The maximum absolute atomic E-state index is 4.42. The van der Waals surface area contributed by atoms with Gasteiger partial charge in [0.1, 0.15) is 0 Å². The summed E-state index contributed by atoms with van der Waals surface area (Å²) < 4.78 is 0. The van der Waals surface area contributed by atoms with E-state index in [-0.39, 0.29) is 6.04 Å². The molecule has 0 saturated carbocycles. The molecule has 2 heterocycles. The molecule has 0 saturated heterocycles. The molecule has 2 rings (SSSR count). The first kappa shape index (κ1) is 11.8. The standard InChI is InChI=1S/C12H16N2S2/c1-3-4-13-12(11-7-15-8-14-11)10-5-9(2)16-6-10/h5-8,12-13H,3-4H2,1-2H3. The molecule has 0 amide bonds. The number of hydrogen-bond acceptors (Lipinski definition) is 4. The van der Waals surface area contributed by atoms with E-state index < -0.39 is 0 Å². The molecule has 4 heteroatoms. The first-order valence-corrected chi connectivity index (χ1v) is 7.30. The third-order valence-corrected chi connectivity index (χ3v) is 3.91. The molecule has 2 aromatic rings. The van der Waals surface area contributed by atoms with Gasteiger partial charge < -0.3 is 5.32 Å². The number of aromatic nitrogens is 1. The highest BCUT2D eigenvalue weighted by atomic mass is 32.1. The lowest BCUT2D eigenvalue weighted by molar-refractivity contribution is 0.590. The minimum Gasteiger partial charge on any atom is -0.305 e. The average Bonchev–Trinajstić information content (AvgIpc) is 2.91. The summed E-state index contributed by atoms with van der Waals surface area (Å²) in [4.78, 5) is 5.77. The van der Waals surface area contributed by atoms with Crippen LogP contribution in [-0.4, -0.2) is 11.5 Å². The van der Waals surface area contributed by atoms with Gasteiger partial charge in [-0.15, -0.1) is 22.7 Å². The van der Waals surface area contributed by atoms with E-state index >= 15 is 0 Å². The van der Waals surface area contributed by atoms with E-state index in [1.54, 1.807) is 22.7 Å². The number of aryl methyl sites for hydroxylation is 1. The van der Waals surface area contributed by atoms with Crippen molar-refractivity contribution in [1.82, 2.24) is 10.3 Å². The maximum atomic E-state index is 4.42. The lowest BCUT2D eigenvalue weighted by Gasteiger charge is -2.15. The molecule has 2 aromatic heterocycles. The van der Waals surface area contributed by atoms with E-state index in [1.165, 1.54) is 10.4 Å². The van der Waals surface area contributed by atoms with Gasteiger partial charge in [-0.05, 0) is 36.9 Å². The molecule has 0 aliphatic rings. The molecule has 1 N–H and O–H groups in total. The van der Waals surface area contributed by atoms with Gasteiger partial charge in [0.15, 0.2) is 0 Å². The van der Waals surface area contributed by atoms with E-state index in [2.05, 4.69) is 41.0 Å². The van der Waals surface area contributed by atoms with Gasteiger partial charge in [0, 0.05) is 10.3 Å². The first-order valence-electron chi connectivity index (χ1n) is 5.47. The Morgan fingerprint density at radius 3 is 2.88 bits per heavy atom. The Kier molecular flexibility index (Phi) is 4.09. The summed E-state index contributed by atoms with van der Waals surface area (Å²) >= 11 is 3.45. The summed E-state index contributed by atoms with van der Waals surface area (Å²) in [6, 6.07) is 2.51. The lowest BCUT2D eigenvalue weighted by atomic mass is 10.1. The van der Waals surface area contributed by atoms with Crippen LogP contribution in [0, 0.1) is 6.92 Å². The predicted molar refractivity (Wildman–Crippen MR) is 71.3 cm³/mol. The van der Waals surface area contributed by atoms with Crippen molar-refractivity contribution in [2.75, 3.05) is 6.54 Å². The van der Waals surface area contributed by atoms with Gasteiger partial charge in [0.2, 0.25) is 0 Å². The molecule has 0 spiro atoms. The van der Waals surface area contributed by atoms with E-state index in [0.717, 1.165) is 18.7 Å². The Labute approximate surface area is 104 Å². The van der Waals surface area contributed by atoms with Crippen LogP contribution in [0.15, 0.2) is 22.3 Å². The zero-order valence-electron chi connectivity index (χ0n) is 9.56. The van der Waals surface area contributed by atoms with Gasteiger partial charge in [-0.25, -0.2) is 4.98 Å². The fourth-order valence-electron chi connectivity index (χ4n) is 1.66. The maximum Gasteiger partial charge on any atom is 0.0795 e. The van der Waals surface area contributed by atoms with E-state index in [1.807, 2.05) is 5.51 Å². The summed E-state index contributed by atoms with van der Waals surface area (Å²) in [5.74, 6) is 0. The van der Waals surface area contributed by atoms with Crippen molar-refractivity contribution in [2.45, 2.75) is 26.3 Å². The van der Waals surface area contributed by atoms with Crippen LogP contribution in [0.25, 0.3) is 0 Å². The highest BCUT2D eigenvalue weighted by Gasteiger charge is 2.15. The Hall–Kier alpha value is -0.710. The average molecular weight is 252 g/mol. The zero-order valence-corrected chi connectivity index (χ0v) is 11.2. The Bertz CT molecular complexity index is 420. The van der Waals surface area contributed by atoms with Crippen molar-refractivity contribution in [3.05, 3.63) is 38.5 Å². The number of hydrogen-bond donors (Lipinski definition) is 1. The Morgan fingerprint density at radius 1 is 1.44 bits per heavy atom. The van der Waals surface area contributed by atoms with Crippen LogP contribution in [0.1, 0.15) is 35.5 Å². The molecule has 1 unspecified atom stereocenters. The predicted octanol–water partition coefficient (Wildman–Crippen LogP) is 3.60. The Morgan fingerprint density at radius 2 is 2.31 bits per heavy atom. The van der Waals surface area contributed by atoms with Crippen LogP contribution < -0.4 is 5.32 Å². The molecule has 86 valence electrons. The number of rotatable bonds is 5. The third-order valence-electron chi connectivity index (χ3n) is 2.43. The van der Waals surface area contributed by atoms with E-state index in [4.69, 9.17) is 0 Å². The van der Waals surface area contributed by atoms with Crippen LogP contribution in [0.4, 0.5) is 0 Å². The Balaban J connectivity index is 2.21. The van der Waals surface area contributed by atoms with Gasteiger partial charge in [-0.1, -0.05) is 6.92 Å². The van der Waals surface area contributed by atoms with Gasteiger partial charge in [-0.2, -0.15) is 0 Å². The van der Waals surface area contributed by atoms with Crippen molar-refractivity contribution >= 4 is 22.7 Å². The van der Waals surface area contributed by atoms with Crippen LogP contribution in [0.2, 0.25) is 0 Å². The number of thiazole rings is 1. The van der Waals surface area contributed by atoms with Crippen molar-refractivity contribution in [2.24, 2.45) is 0 Å². The van der Waals surface area contributed by atoms with Crippen molar-refractivity contribution in [3.8, 4) is 0 Å². The van der Waals surface area contributed by atoms with Crippen molar-refractivity contribution in [1.29, 1.82) is 0 Å². The molecule has 0 bridgehead atoms. The highest BCUT2D eigenvalue weighted by Crippen LogP contribution is 2.26. The SMILES string of the molecule is CCCNC(c1csc(C)c1)c1cscn1. The molecule has 0 radical (unpaired) electrons. The van der Waals surface area contributed by atoms with Gasteiger partial charge in [0.05, 0.1) is 17.2 Å². The topological polar surface area (TPSA) is 24.9 Å². The summed E-state index contributed by atoms with van der Waals surface area (Å²) in [5, 5.41) is 7.90. The van der Waals surface area contributed by atoms with Crippen molar-refractivity contribution in [3.63, 3.8) is 0 Å². The molecule has 1 atom stereocenters. The normalized spacial score (nSPS) is 12.9. The van der Waals surface area contributed by atoms with Crippen LogP contribution in [0.3, 0.4) is 0 Å². The fourth-order valence-corrected chi connectivity index (χ4v) is 2.97. The van der Waals surface area contributed by atoms with Gasteiger partial charge >= 0.3 is 0 Å². The largest absolute Gasteiger partial charge is 0.305 e. The van der Waals surface area contributed by atoms with Crippen LogP contribution in [0.5, 0.6) is 0 Å². The summed E-state index contributed by atoms with van der Waals surface area (Å²) in [5.41, 5.74) is 4.37. The van der Waals surface area contributed by atoms with E-state index in [0.29, 0.717) is 0 Å². The number of nitrogens with zero attached hydrogens (tertiary/aromatic N) is 1. The third kappa shape index (κ3) is 2.70.